The Morgan fingerprint density at radius 2 is 2.23 bits per heavy atom. The first-order valence-electron chi connectivity index (χ1n) is 8.23. The van der Waals surface area contributed by atoms with Crippen LogP contribution in [0.25, 0.3) is 11.0 Å². The number of imidazole rings is 1. The van der Waals surface area contributed by atoms with Crippen molar-refractivity contribution < 1.29 is 4.79 Å². The second kappa shape index (κ2) is 4.10. The van der Waals surface area contributed by atoms with E-state index >= 15 is 0 Å². The molecule has 114 valence electrons. The van der Waals surface area contributed by atoms with Gasteiger partial charge in [0.2, 0.25) is 0 Å². The second-order valence-electron chi connectivity index (χ2n) is 7.18. The average Bonchev–Trinajstić information content (AvgIpc) is 2.98. The average molecular weight is 296 g/mol. The molecule has 5 heteroatoms. The number of nitrogens with one attached hydrogen (secondary N) is 1. The Hall–Kier alpha value is -1.88. The predicted octanol–water partition coefficient (Wildman–Crippen LogP) is 2.14. The molecule has 0 unspecified atom stereocenters. The summed E-state index contributed by atoms with van der Waals surface area (Å²) < 4.78 is 0. The van der Waals surface area contributed by atoms with E-state index in [0.717, 1.165) is 28.8 Å². The molecule has 1 aromatic carbocycles. The van der Waals surface area contributed by atoms with Crippen LogP contribution < -0.4 is 5.73 Å². The molecule has 5 nitrogen and oxygen atoms in total. The minimum atomic E-state index is -0.407. The number of hydrogen-bond donors (Lipinski definition) is 2. The van der Waals surface area contributed by atoms with Gasteiger partial charge in [0.15, 0.2) is 0 Å². The van der Waals surface area contributed by atoms with Gasteiger partial charge < -0.3 is 10.7 Å². The summed E-state index contributed by atoms with van der Waals surface area (Å²) in [4.78, 5) is 22.7. The molecular weight excluding hydrogens is 276 g/mol. The van der Waals surface area contributed by atoms with E-state index in [2.05, 4.69) is 9.88 Å². The smallest absolute Gasteiger partial charge is 0.250 e. The maximum atomic E-state index is 11.6. The van der Waals surface area contributed by atoms with Gasteiger partial charge in [0, 0.05) is 12.6 Å². The fourth-order valence-corrected chi connectivity index (χ4v) is 4.68. The lowest BCUT2D eigenvalue weighted by atomic mass is 9.95. The van der Waals surface area contributed by atoms with Crippen LogP contribution in [0.5, 0.6) is 0 Å². The number of fused-ring (bicyclic) bond motifs is 3. The van der Waals surface area contributed by atoms with E-state index in [1.54, 1.807) is 6.07 Å². The molecule has 1 aliphatic heterocycles. The van der Waals surface area contributed by atoms with E-state index < -0.39 is 5.91 Å². The minimum Gasteiger partial charge on any atom is -0.366 e. The van der Waals surface area contributed by atoms with Gasteiger partial charge in [0.1, 0.15) is 11.3 Å². The van der Waals surface area contributed by atoms with Gasteiger partial charge in [0.05, 0.1) is 16.6 Å². The standard InChI is InChI=1S/C17H20N4O/c18-15(22)12-2-1-3-13-14(12)20-16(19-13)17-7-6-10(8-17)9-21(17)11-4-5-11/h1-3,10-11H,4-9H2,(H2,18,22)(H,19,20)/t10-,17-/m1/s1. The second-order valence-corrected chi connectivity index (χ2v) is 7.18. The molecule has 1 saturated heterocycles. The Labute approximate surface area is 128 Å². The van der Waals surface area contributed by atoms with Gasteiger partial charge in [-0.1, -0.05) is 6.07 Å². The molecule has 0 radical (unpaired) electrons. The van der Waals surface area contributed by atoms with Crippen molar-refractivity contribution in [3.05, 3.63) is 29.6 Å². The third-order valence-electron chi connectivity index (χ3n) is 5.80. The lowest BCUT2D eigenvalue weighted by molar-refractivity contribution is 0.0977. The fraction of sp³-hybridized carbons (Fsp3) is 0.529. The quantitative estimate of drug-likeness (QED) is 0.911. The third kappa shape index (κ3) is 1.57. The molecule has 2 atom stereocenters. The number of carbonyl (C=O) groups is 1. The van der Waals surface area contributed by atoms with Crippen LogP contribution in [-0.2, 0) is 5.54 Å². The number of aromatic nitrogens is 2. The summed E-state index contributed by atoms with van der Waals surface area (Å²) in [5.74, 6) is 1.45. The molecule has 2 saturated carbocycles. The number of hydrogen-bond acceptors (Lipinski definition) is 3. The van der Waals surface area contributed by atoms with E-state index in [9.17, 15) is 4.79 Å². The fourth-order valence-electron chi connectivity index (χ4n) is 4.68. The number of aromatic amines is 1. The zero-order valence-corrected chi connectivity index (χ0v) is 12.5. The SMILES string of the molecule is NC(=O)c1cccc2[nH]c([C@]34CC[C@@H](CN3C3CC3)C4)nc12. The Kier molecular flexibility index (Phi) is 2.36. The van der Waals surface area contributed by atoms with Crippen LogP contribution in [0, 0.1) is 5.92 Å². The largest absolute Gasteiger partial charge is 0.366 e. The van der Waals surface area contributed by atoms with E-state index in [1.807, 2.05) is 12.1 Å². The molecule has 3 N–H and O–H groups in total. The van der Waals surface area contributed by atoms with Crippen molar-refractivity contribution in [2.75, 3.05) is 6.54 Å². The van der Waals surface area contributed by atoms with Crippen LogP contribution in [0.2, 0.25) is 0 Å². The summed E-state index contributed by atoms with van der Waals surface area (Å²) in [7, 11) is 0. The van der Waals surface area contributed by atoms with E-state index in [-0.39, 0.29) is 5.54 Å². The molecule has 1 aromatic heterocycles. The summed E-state index contributed by atoms with van der Waals surface area (Å²) in [5, 5.41) is 0. The summed E-state index contributed by atoms with van der Waals surface area (Å²) >= 11 is 0. The lowest BCUT2D eigenvalue weighted by Crippen LogP contribution is -2.44. The number of nitrogens with two attached hydrogens (primary N) is 1. The van der Waals surface area contributed by atoms with E-state index in [1.165, 1.54) is 38.6 Å². The highest BCUT2D eigenvalue weighted by Gasteiger charge is 2.57. The molecule has 1 amide bonds. The maximum Gasteiger partial charge on any atom is 0.250 e. The van der Waals surface area contributed by atoms with Gasteiger partial charge >= 0.3 is 0 Å². The van der Waals surface area contributed by atoms with Crippen molar-refractivity contribution in [3.63, 3.8) is 0 Å². The minimum absolute atomic E-state index is 0.0692. The molecule has 2 heterocycles. The van der Waals surface area contributed by atoms with Crippen molar-refractivity contribution in [2.24, 2.45) is 11.7 Å². The first-order valence-corrected chi connectivity index (χ1v) is 8.23. The van der Waals surface area contributed by atoms with Gasteiger partial charge in [-0.15, -0.1) is 0 Å². The third-order valence-corrected chi connectivity index (χ3v) is 5.80. The number of likely N-dealkylation sites (tertiary alicyclic amines) is 1. The van der Waals surface area contributed by atoms with Gasteiger partial charge in [-0.3, -0.25) is 9.69 Å². The number of primary amides is 1. The first-order chi connectivity index (χ1) is 10.7. The molecule has 0 spiro atoms. The van der Waals surface area contributed by atoms with E-state index in [0.29, 0.717) is 5.56 Å². The molecular formula is C17H20N4O. The van der Waals surface area contributed by atoms with Crippen molar-refractivity contribution >= 4 is 16.9 Å². The summed E-state index contributed by atoms with van der Waals surface area (Å²) in [5.41, 5.74) is 7.73. The zero-order valence-electron chi connectivity index (χ0n) is 12.5. The summed E-state index contributed by atoms with van der Waals surface area (Å²) in [6.07, 6.45) is 6.32. The topological polar surface area (TPSA) is 75.0 Å². The number of piperidine rings is 1. The molecule has 2 aliphatic carbocycles. The number of carbonyl (C=O) groups excluding carboxylic acids is 1. The number of H-pyrrole nitrogens is 1. The first kappa shape index (κ1) is 12.6. The number of para-hydroxylation sites is 1. The predicted molar refractivity (Wildman–Crippen MR) is 83.4 cm³/mol. The Bertz CT molecular complexity index is 778. The van der Waals surface area contributed by atoms with Gasteiger partial charge in [-0.2, -0.15) is 0 Å². The Morgan fingerprint density at radius 3 is 2.95 bits per heavy atom. The highest BCUT2D eigenvalue weighted by Crippen LogP contribution is 2.55. The summed E-state index contributed by atoms with van der Waals surface area (Å²) in [6, 6.07) is 6.36. The van der Waals surface area contributed by atoms with Crippen molar-refractivity contribution in [2.45, 2.75) is 43.7 Å². The van der Waals surface area contributed by atoms with Crippen LogP contribution in [0.4, 0.5) is 0 Å². The highest BCUT2D eigenvalue weighted by atomic mass is 16.1. The van der Waals surface area contributed by atoms with Crippen molar-refractivity contribution in [1.29, 1.82) is 0 Å². The molecule has 3 aliphatic rings. The lowest BCUT2D eigenvalue weighted by Gasteiger charge is -2.37. The number of nitrogens with zero attached hydrogens (tertiary/aromatic N) is 2. The van der Waals surface area contributed by atoms with Gasteiger partial charge in [-0.05, 0) is 50.2 Å². The molecule has 3 fully saturated rings. The molecule has 5 rings (SSSR count). The monoisotopic (exact) mass is 296 g/mol. The highest BCUT2D eigenvalue weighted by molar-refractivity contribution is 6.04. The summed E-state index contributed by atoms with van der Waals surface area (Å²) in [6.45, 7) is 1.21. The number of rotatable bonds is 3. The van der Waals surface area contributed by atoms with Crippen molar-refractivity contribution in [3.8, 4) is 0 Å². The normalized spacial score (nSPS) is 31.2. The number of amides is 1. The Balaban J connectivity index is 1.67. The van der Waals surface area contributed by atoms with Crippen LogP contribution in [0.3, 0.4) is 0 Å². The van der Waals surface area contributed by atoms with Crippen LogP contribution >= 0.6 is 0 Å². The van der Waals surface area contributed by atoms with Gasteiger partial charge in [0.25, 0.3) is 5.91 Å². The molecule has 2 bridgehead atoms. The van der Waals surface area contributed by atoms with Crippen molar-refractivity contribution in [1.82, 2.24) is 14.9 Å². The number of benzene rings is 1. The van der Waals surface area contributed by atoms with Crippen LogP contribution in [0.15, 0.2) is 18.2 Å². The molecule has 2 aromatic rings. The van der Waals surface area contributed by atoms with Gasteiger partial charge in [-0.25, -0.2) is 4.98 Å². The van der Waals surface area contributed by atoms with Crippen LogP contribution in [-0.4, -0.2) is 33.4 Å². The Morgan fingerprint density at radius 1 is 1.36 bits per heavy atom. The van der Waals surface area contributed by atoms with Crippen LogP contribution in [0.1, 0.15) is 48.3 Å². The van der Waals surface area contributed by atoms with E-state index in [4.69, 9.17) is 10.7 Å². The molecule has 22 heavy (non-hydrogen) atoms. The zero-order chi connectivity index (χ0) is 14.9. The maximum absolute atomic E-state index is 11.6.